The smallest absolute Gasteiger partial charge is 0.312 e. The van der Waals surface area contributed by atoms with Crippen molar-refractivity contribution in [1.82, 2.24) is 10.3 Å². The number of amides is 2. The molecule has 0 saturated heterocycles. The summed E-state index contributed by atoms with van der Waals surface area (Å²) in [7, 11) is 0. The number of benzene rings is 1. The second-order valence-electron chi connectivity index (χ2n) is 3.20. The Morgan fingerprint density at radius 3 is 2.94 bits per heavy atom. The number of aromatic nitrogens is 1. The second-order valence-corrected chi connectivity index (χ2v) is 3.20. The second kappa shape index (κ2) is 4.52. The summed E-state index contributed by atoms with van der Waals surface area (Å²) in [6.45, 7) is 0.934. The Bertz CT molecular complexity index is 461. The number of para-hydroxylation sites is 2. The van der Waals surface area contributed by atoms with Crippen molar-refractivity contribution in [3.63, 3.8) is 0 Å². The minimum atomic E-state index is -0.542. The summed E-state index contributed by atoms with van der Waals surface area (Å²) < 4.78 is 5.41. The topological polar surface area (TPSA) is 93.2 Å². The van der Waals surface area contributed by atoms with Crippen LogP contribution in [0.1, 0.15) is 0 Å². The zero-order valence-corrected chi connectivity index (χ0v) is 8.56. The van der Waals surface area contributed by atoms with Crippen LogP contribution in [0.15, 0.2) is 28.7 Å². The number of nitrogens with one attached hydrogen (secondary N) is 2. The molecule has 1 aromatic carbocycles. The molecule has 1 heterocycles. The molecule has 0 aliphatic rings. The third-order valence-corrected chi connectivity index (χ3v) is 1.99. The molecule has 2 aromatic rings. The third kappa shape index (κ3) is 2.41. The van der Waals surface area contributed by atoms with Crippen molar-refractivity contribution in [2.45, 2.75) is 0 Å². The van der Waals surface area contributed by atoms with E-state index in [4.69, 9.17) is 10.2 Å². The summed E-state index contributed by atoms with van der Waals surface area (Å²) in [6, 6.07) is 7.38. The van der Waals surface area contributed by atoms with Crippen molar-refractivity contribution < 1.29 is 9.21 Å². The predicted octanol–water partition coefficient (Wildman–Crippen LogP) is 0.908. The number of primary amides is 1. The van der Waals surface area contributed by atoms with Gasteiger partial charge in [-0.25, -0.2) is 4.79 Å². The number of hydrogen-bond donors (Lipinski definition) is 3. The number of urea groups is 1. The van der Waals surface area contributed by atoms with Crippen LogP contribution in [0.2, 0.25) is 0 Å². The zero-order chi connectivity index (χ0) is 11.4. The summed E-state index contributed by atoms with van der Waals surface area (Å²) in [5, 5.41) is 5.40. The third-order valence-electron chi connectivity index (χ3n) is 1.99. The first kappa shape index (κ1) is 10.3. The predicted molar refractivity (Wildman–Crippen MR) is 60.1 cm³/mol. The van der Waals surface area contributed by atoms with Crippen molar-refractivity contribution >= 4 is 23.1 Å². The monoisotopic (exact) mass is 220 g/mol. The summed E-state index contributed by atoms with van der Waals surface area (Å²) in [5.41, 5.74) is 6.44. The molecule has 2 amide bonds. The van der Waals surface area contributed by atoms with Crippen LogP contribution in [0.25, 0.3) is 11.1 Å². The van der Waals surface area contributed by atoms with Gasteiger partial charge in [0, 0.05) is 13.1 Å². The van der Waals surface area contributed by atoms with E-state index in [0.29, 0.717) is 19.1 Å². The summed E-state index contributed by atoms with van der Waals surface area (Å²) in [4.78, 5) is 14.6. The first-order chi connectivity index (χ1) is 7.75. The largest absolute Gasteiger partial charge is 0.424 e. The van der Waals surface area contributed by atoms with Crippen LogP contribution in [-0.2, 0) is 0 Å². The van der Waals surface area contributed by atoms with Gasteiger partial charge in [-0.05, 0) is 12.1 Å². The van der Waals surface area contributed by atoms with E-state index in [1.807, 2.05) is 24.3 Å². The van der Waals surface area contributed by atoms with Crippen LogP contribution in [0.5, 0.6) is 0 Å². The maximum atomic E-state index is 10.4. The molecular weight excluding hydrogens is 208 g/mol. The number of anilines is 1. The van der Waals surface area contributed by atoms with Gasteiger partial charge in [0.15, 0.2) is 5.58 Å². The highest BCUT2D eigenvalue weighted by Crippen LogP contribution is 2.17. The number of carbonyl (C=O) groups is 1. The van der Waals surface area contributed by atoms with E-state index in [1.165, 1.54) is 0 Å². The molecule has 0 aliphatic carbocycles. The molecule has 0 unspecified atom stereocenters. The normalized spacial score (nSPS) is 10.2. The van der Waals surface area contributed by atoms with Gasteiger partial charge < -0.3 is 20.8 Å². The molecule has 0 fully saturated rings. The van der Waals surface area contributed by atoms with Crippen molar-refractivity contribution in [3.8, 4) is 0 Å². The van der Waals surface area contributed by atoms with Crippen LogP contribution in [-0.4, -0.2) is 24.1 Å². The Morgan fingerprint density at radius 2 is 2.19 bits per heavy atom. The van der Waals surface area contributed by atoms with Gasteiger partial charge in [0.05, 0.1) is 0 Å². The molecule has 6 heteroatoms. The molecule has 0 aliphatic heterocycles. The Balaban J connectivity index is 1.92. The SMILES string of the molecule is NC(=O)NCCNc1nc2ccccc2o1. The lowest BCUT2D eigenvalue weighted by molar-refractivity contribution is 0.249. The molecule has 0 radical (unpaired) electrons. The fraction of sp³-hybridized carbons (Fsp3) is 0.200. The zero-order valence-electron chi connectivity index (χ0n) is 8.56. The molecular formula is C10H12N4O2. The van der Waals surface area contributed by atoms with E-state index < -0.39 is 6.03 Å². The van der Waals surface area contributed by atoms with E-state index in [2.05, 4.69) is 15.6 Å². The van der Waals surface area contributed by atoms with Crippen LogP contribution in [0.3, 0.4) is 0 Å². The lowest BCUT2D eigenvalue weighted by atomic mass is 10.3. The van der Waals surface area contributed by atoms with E-state index in [9.17, 15) is 4.79 Å². The number of oxazole rings is 1. The van der Waals surface area contributed by atoms with E-state index in [1.54, 1.807) is 0 Å². The fourth-order valence-corrected chi connectivity index (χ4v) is 1.30. The molecule has 1 aromatic heterocycles. The molecule has 6 nitrogen and oxygen atoms in total. The first-order valence-corrected chi connectivity index (χ1v) is 4.88. The minimum Gasteiger partial charge on any atom is -0.424 e. The van der Waals surface area contributed by atoms with Gasteiger partial charge in [0.25, 0.3) is 6.01 Å². The molecule has 4 N–H and O–H groups in total. The van der Waals surface area contributed by atoms with E-state index in [-0.39, 0.29) is 0 Å². The van der Waals surface area contributed by atoms with Gasteiger partial charge in [-0.1, -0.05) is 12.1 Å². The lowest BCUT2D eigenvalue weighted by Gasteiger charge is -2.01. The highest BCUT2D eigenvalue weighted by Gasteiger charge is 2.03. The number of nitrogens with zero attached hydrogens (tertiary/aromatic N) is 1. The molecule has 0 spiro atoms. The average molecular weight is 220 g/mol. The molecule has 16 heavy (non-hydrogen) atoms. The molecule has 84 valence electrons. The number of nitrogens with two attached hydrogens (primary N) is 1. The molecule has 0 atom stereocenters. The fourth-order valence-electron chi connectivity index (χ4n) is 1.30. The van der Waals surface area contributed by atoms with Crippen molar-refractivity contribution in [2.24, 2.45) is 5.73 Å². The van der Waals surface area contributed by atoms with Crippen molar-refractivity contribution in [2.75, 3.05) is 18.4 Å². The van der Waals surface area contributed by atoms with Crippen LogP contribution < -0.4 is 16.4 Å². The van der Waals surface area contributed by atoms with Gasteiger partial charge in [-0.15, -0.1) is 0 Å². The van der Waals surface area contributed by atoms with Crippen molar-refractivity contribution in [1.29, 1.82) is 0 Å². The van der Waals surface area contributed by atoms with Crippen LogP contribution in [0.4, 0.5) is 10.8 Å². The standard InChI is InChI=1S/C10H12N4O2/c11-9(15)12-5-6-13-10-14-7-3-1-2-4-8(7)16-10/h1-4H,5-6H2,(H,13,14)(H3,11,12,15). The Labute approximate surface area is 91.8 Å². The Kier molecular flexibility index (Phi) is 2.90. The number of rotatable bonds is 4. The summed E-state index contributed by atoms with van der Waals surface area (Å²) >= 11 is 0. The molecule has 0 bridgehead atoms. The maximum absolute atomic E-state index is 10.4. The number of fused-ring (bicyclic) bond motifs is 1. The van der Waals surface area contributed by atoms with Gasteiger partial charge in [0.2, 0.25) is 0 Å². The highest BCUT2D eigenvalue weighted by molar-refractivity contribution is 5.74. The number of hydrogen-bond acceptors (Lipinski definition) is 4. The van der Waals surface area contributed by atoms with E-state index in [0.717, 1.165) is 11.1 Å². The van der Waals surface area contributed by atoms with Gasteiger partial charge in [0.1, 0.15) is 5.52 Å². The quantitative estimate of drug-likeness (QED) is 0.667. The van der Waals surface area contributed by atoms with Crippen LogP contribution in [0, 0.1) is 0 Å². The van der Waals surface area contributed by atoms with Gasteiger partial charge in [-0.3, -0.25) is 0 Å². The van der Waals surface area contributed by atoms with E-state index >= 15 is 0 Å². The maximum Gasteiger partial charge on any atom is 0.312 e. The molecule has 0 saturated carbocycles. The molecule has 2 rings (SSSR count). The van der Waals surface area contributed by atoms with Crippen molar-refractivity contribution in [3.05, 3.63) is 24.3 Å². The first-order valence-electron chi connectivity index (χ1n) is 4.88. The number of carbonyl (C=O) groups excluding carboxylic acids is 1. The van der Waals surface area contributed by atoms with Gasteiger partial charge in [-0.2, -0.15) is 4.98 Å². The Hall–Kier alpha value is -2.24. The average Bonchev–Trinajstić information content (AvgIpc) is 2.66. The minimum absolute atomic E-state index is 0.425. The summed E-state index contributed by atoms with van der Waals surface area (Å²) in [5.74, 6) is 0. The van der Waals surface area contributed by atoms with Gasteiger partial charge >= 0.3 is 6.03 Å². The summed E-state index contributed by atoms with van der Waals surface area (Å²) in [6.07, 6.45) is 0. The highest BCUT2D eigenvalue weighted by atomic mass is 16.4. The lowest BCUT2D eigenvalue weighted by Crippen LogP contribution is -2.33. The Morgan fingerprint density at radius 1 is 1.38 bits per heavy atom. The van der Waals surface area contributed by atoms with Crippen LogP contribution >= 0.6 is 0 Å².